The first kappa shape index (κ1) is 12.0. The Morgan fingerprint density at radius 3 is 3.06 bits per heavy atom. The van der Waals surface area contributed by atoms with Gasteiger partial charge in [0, 0.05) is 0 Å². The summed E-state index contributed by atoms with van der Waals surface area (Å²) in [5.41, 5.74) is -0.323. The number of hydrogen-bond acceptors (Lipinski definition) is 6. The summed E-state index contributed by atoms with van der Waals surface area (Å²) >= 11 is 0. The van der Waals surface area contributed by atoms with Crippen molar-refractivity contribution in [2.24, 2.45) is 0 Å². The fourth-order valence-corrected chi connectivity index (χ4v) is 1.96. The molecule has 0 saturated carbocycles. The Labute approximate surface area is 99.7 Å². The largest absolute Gasteiger partial charge is 0.460 e. The highest BCUT2D eigenvalue weighted by Crippen LogP contribution is 2.28. The summed E-state index contributed by atoms with van der Waals surface area (Å²) in [6, 6.07) is 0. The first-order valence-electron chi connectivity index (χ1n) is 5.92. The quantitative estimate of drug-likeness (QED) is 0.799. The Hall–Kier alpha value is -1.43. The van der Waals surface area contributed by atoms with Crippen molar-refractivity contribution >= 4 is 5.97 Å². The van der Waals surface area contributed by atoms with E-state index in [2.05, 4.69) is 15.5 Å². The summed E-state index contributed by atoms with van der Waals surface area (Å²) in [5, 5.41) is 7.00. The second kappa shape index (κ2) is 4.83. The van der Waals surface area contributed by atoms with Crippen LogP contribution in [0.2, 0.25) is 0 Å². The molecule has 6 heteroatoms. The van der Waals surface area contributed by atoms with Crippen molar-refractivity contribution in [2.75, 3.05) is 13.2 Å². The van der Waals surface area contributed by atoms with Crippen molar-refractivity contribution in [2.45, 2.75) is 38.6 Å². The van der Waals surface area contributed by atoms with Crippen molar-refractivity contribution in [3.8, 4) is 0 Å². The number of nitrogens with zero attached hydrogens (tertiary/aromatic N) is 2. The van der Waals surface area contributed by atoms with Crippen LogP contribution in [0.4, 0.5) is 0 Å². The van der Waals surface area contributed by atoms with Gasteiger partial charge in [0.15, 0.2) is 0 Å². The Balaban J connectivity index is 2.14. The zero-order valence-corrected chi connectivity index (χ0v) is 10.2. The van der Waals surface area contributed by atoms with Crippen LogP contribution in [0.25, 0.3) is 0 Å². The molecule has 1 fully saturated rings. The van der Waals surface area contributed by atoms with Gasteiger partial charge >= 0.3 is 5.97 Å². The van der Waals surface area contributed by atoms with Crippen LogP contribution in [-0.2, 0) is 10.3 Å². The average molecular weight is 239 g/mol. The molecule has 0 bridgehead atoms. The van der Waals surface area contributed by atoms with Gasteiger partial charge in [0.25, 0.3) is 5.82 Å². The van der Waals surface area contributed by atoms with E-state index in [1.165, 1.54) is 0 Å². The molecule has 1 aliphatic heterocycles. The third-order valence-electron chi connectivity index (χ3n) is 2.97. The zero-order valence-electron chi connectivity index (χ0n) is 10.2. The summed E-state index contributed by atoms with van der Waals surface area (Å²) in [4.78, 5) is 15.5. The number of ether oxygens (including phenoxy) is 1. The van der Waals surface area contributed by atoms with Crippen LogP contribution in [-0.4, -0.2) is 29.3 Å². The molecule has 2 rings (SSSR count). The lowest BCUT2D eigenvalue weighted by molar-refractivity contribution is 0.0508. The molecule has 0 radical (unpaired) electrons. The van der Waals surface area contributed by atoms with Gasteiger partial charge in [-0.2, -0.15) is 4.98 Å². The van der Waals surface area contributed by atoms with Gasteiger partial charge in [-0.1, -0.05) is 0 Å². The topological polar surface area (TPSA) is 77.2 Å². The summed E-state index contributed by atoms with van der Waals surface area (Å²) in [6.45, 7) is 4.98. The number of carbonyl (C=O) groups is 1. The zero-order chi connectivity index (χ0) is 12.3. The Morgan fingerprint density at radius 1 is 1.59 bits per heavy atom. The summed E-state index contributed by atoms with van der Waals surface area (Å²) in [5.74, 6) is -0.0855. The molecule has 0 spiro atoms. The molecular weight excluding hydrogens is 222 g/mol. The van der Waals surface area contributed by atoms with Gasteiger partial charge in [0.05, 0.1) is 12.1 Å². The minimum Gasteiger partial charge on any atom is -0.460 e. The molecule has 0 amide bonds. The van der Waals surface area contributed by atoms with Gasteiger partial charge in [-0.05, 0) is 44.8 Å². The van der Waals surface area contributed by atoms with Crippen LogP contribution in [0, 0.1) is 0 Å². The Bertz CT molecular complexity index is 396. The highest BCUT2D eigenvalue weighted by molar-refractivity contribution is 5.84. The maximum Gasteiger partial charge on any atom is 0.379 e. The summed E-state index contributed by atoms with van der Waals surface area (Å²) in [6.07, 6.45) is 3.19. The first-order chi connectivity index (χ1) is 8.15. The molecule has 1 unspecified atom stereocenters. The predicted octanol–water partition coefficient (Wildman–Crippen LogP) is 1.23. The van der Waals surface area contributed by atoms with Crippen LogP contribution >= 0.6 is 0 Å². The molecule has 94 valence electrons. The second-order valence-corrected chi connectivity index (χ2v) is 4.36. The number of hydrogen-bond donors (Lipinski definition) is 1. The average Bonchev–Trinajstić information content (AvgIpc) is 2.80. The van der Waals surface area contributed by atoms with Crippen LogP contribution in [0.1, 0.15) is 49.6 Å². The van der Waals surface area contributed by atoms with Gasteiger partial charge in [0.1, 0.15) is 0 Å². The van der Waals surface area contributed by atoms with Gasteiger partial charge in [0.2, 0.25) is 5.89 Å². The van der Waals surface area contributed by atoms with Crippen LogP contribution in [0.3, 0.4) is 0 Å². The molecule has 0 aliphatic carbocycles. The molecule has 1 aromatic heterocycles. The van der Waals surface area contributed by atoms with E-state index in [9.17, 15) is 4.79 Å². The number of aromatic nitrogens is 2. The van der Waals surface area contributed by atoms with E-state index in [1.807, 2.05) is 6.92 Å². The van der Waals surface area contributed by atoms with Crippen LogP contribution < -0.4 is 5.32 Å². The Morgan fingerprint density at radius 2 is 2.41 bits per heavy atom. The smallest absolute Gasteiger partial charge is 0.379 e. The molecule has 17 heavy (non-hydrogen) atoms. The second-order valence-electron chi connectivity index (χ2n) is 4.36. The van der Waals surface area contributed by atoms with E-state index in [0.717, 1.165) is 25.8 Å². The van der Waals surface area contributed by atoms with Gasteiger partial charge < -0.3 is 14.6 Å². The van der Waals surface area contributed by atoms with Crippen LogP contribution in [0.5, 0.6) is 0 Å². The predicted molar refractivity (Wildman–Crippen MR) is 59.5 cm³/mol. The Kier molecular flexibility index (Phi) is 3.42. The summed E-state index contributed by atoms with van der Waals surface area (Å²) < 4.78 is 9.97. The first-order valence-corrected chi connectivity index (χ1v) is 5.92. The number of esters is 1. The third-order valence-corrected chi connectivity index (χ3v) is 2.97. The van der Waals surface area contributed by atoms with E-state index in [-0.39, 0.29) is 11.4 Å². The van der Waals surface area contributed by atoms with Crippen molar-refractivity contribution in [3.63, 3.8) is 0 Å². The van der Waals surface area contributed by atoms with E-state index >= 15 is 0 Å². The molecular formula is C11H17N3O3. The van der Waals surface area contributed by atoms with E-state index < -0.39 is 5.97 Å². The lowest BCUT2D eigenvalue weighted by Crippen LogP contribution is -2.43. The van der Waals surface area contributed by atoms with Crippen molar-refractivity contribution in [1.29, 1.82) is 0 Å². The molecule has 6 nitrogen and oxygen atoms in total. The third kappa shape index (κ3) is 2.46. The maximum absolute atomic E-state index is 11.4. The molecule has 1 atom stereocenters. The molecule has 1 saturated heterocycles. The van der Waals surface area contributed by atoms with E-state index in [1.54, 1.807) is 6.92 Å². The monoisotopic (exact) mass is 239 g/mol. The summed E-state index contributed by atoms with van der Waals surface area (Å²) in [7, 11) is 0. The highest BCUT2D eigenvalue weighted by atomic mass is 16.5. The van der Waals surface area contributed by atoms with Gasteiger partial charge in [-0.15, -0.1) is 0 Å². The van der Waals surface area contributed by atoms with Gasteiger partial charge in [-0.25, -0.2) is 4.79 Å². The molecule has 1 aliphatic rings. The van der Waals surface area contributed by atoms with E-state index in [0.29, 0.717) is 12.5 Å². The standard InChI is InChI=1S/C11H17N3O3/c1-3-16-9(15)8-13-10(17-14-8)11(2)6-4-5-7-12-11/h12H,3-7H2,1-2H3. The minimum absolute atomic E-state index is 0.00421. The normalized spacial score (nSPS) is 24.6. The highest BCUT2D eigenvalue weighted by Gasteiger charge is 2.35. The minimum atomic E-state index is -0.540. The van der Waals surface area contributed by atoms with Crippen LogP contribution in [0.15, 0.2) is 4.52 Å². The number of piperidine rings is 1. The number of nitrogens with one attached hydrogen (secondary N) is 1. The van der Waals surface area contributed by atoms with Crippen molar-refractivity contribution in [3.05, 3.63) is 11.7 Å². The van der Waals surface area contributed by atoms with Gasteiger partial charge in [-0.3, -0.25) is 0 Å². The SMILES string of the molecule is CCOC(=O)c1noc(C2(C)CCCCN2)n1. The molecule has 2 heterocycles. The van der Waals surface area contributed by atoms with E-state index in [4.69, 9.17) is 9.26 Å². The molecule has 1 aromatic rings. The fraction of sp³-hybridized carbons (Fsp3) is 0.727. The van der Waals surface area contributed by atoms with Crippen molar-refractivity contribution < 1.29 is 14.1 Å². The lowest BCUT2D eigenvalue weighted by atomic mass is 9.91. The number of rotatable bonds is 3. The fourth-order valence-electron chi connectivity index (χ4n) is 1.96. The molecule has 0 aromatic carbocycles. The number of carbonyl (C=O) groups excluding carboxylic acids is 1. The maximum atomic E-state index is 11.4. The van der Waals surface area contributed by atoms with Crippen molar-refractivity contribution in [1.82, 2.24) is 15.5 Å². The molecule has 1 N–H and O–H groups in total. The lowest BCUT2D eigenvalue weighted by Gasteiger charge is -2.31.